The zero-order valence-electron chi connectivity index (χ0n) is 15.1. The lowest BCUT2D eigenvalue weighted by molar-refractivity contribution is -0.138. The van der Waals surface area contributed by atoms with Gasteiger partial charge in [0, 0.05) is 33.1 Å². The first-order valence-electron chi connectivity index (χ1n) is 8.69. The summed E-state index contributed by atoms with van der Waals surface area (Å²) < 4.78 is 5.86. The van der Waals surface area contributed by atoms with Crippen molar-refractivity contribution in [3.63, 3.8) is 0 Å². The molecule has 2 rings (SSSR count). The largest absolute Gasteiger partial charge is 0.481 e. The van der Waals surface area contributed by atoms with Crippen molar-refractivity contribution in [3.8, 4) is 5.75 Å². The summed E-state index contributed by atoms with van der Waals surface area (Å²) in [5.74, 6) is 1.19. The molecule has 0 unspecified atom stereocenters. The average Bonchev–Trinajstić information content (AvgIpc) is 2.80. The van der Waals surface area contributed by atoms with Gasteiger partial charge in [-0.2, -0.15) is 0 Å². The highest BCUT2D eigenvalue weighted by Gasteiger charge is 2.25. The Morgan fingerprint density at radius 1 is 1.04 bits per heavy atom. The van der Waals surface area contributed by atoms with Gasteiger partial charge in [0.2, 0.25) is 5.91 Å². The van der Waals surface area contributed by atoms with Crippen LogP contribution < -0.4 is 4.74 Å². The molecule has 0 radical (unpaired) electrons. The predicted octanol–water partition coefficient (Wildman–Crippen LogP) is 2.66. The van der Waals surface area contributed by atoms with Crippen LogP contribution in [0.4, 0.5) is 0 Å². The summed E-state index contributed by atoms with van der Waals surface area (Å²) >= 11 is 0. The summed E-state index contributed by atoms with van der Waals surface area (Å²) in [6.45, 7) is 10.2. The molecule has 0 aliphatic carbocycles. The lowest BCUT2D eigenvalue weighted by Crippen LogP contribution is -2.42. The first-order valence-corrected chi connectivity index (χ1v) is 8.69. The minimum absolute atomic E-state index is 0.0182. The Labute approximate surface area is 144 Å². The van der Waals surface area contributed by atoms with Gasteiger partial charge in [-0.25, -0.2) is 0 Å². The summed E-state index contributed by atoms with van der Waals surface area (Å²) in [7, 11) is 0. The number of hydrogen-bond donors (Lipinski definition) is 0. The number of nitrogens with zero attached hydrogens (tertiary/aromatic N) is 2. The molecule has 1 saturated heterocycles. The lowest BCUT2D eigenvalue weighted by atomic mass is 10.0. The average molecular weight is 332 g/mol. The van der Waals surface area contributed by atoms with Gasteiger partial charge < -0.3 is 14.5 Å². The van der Waals surface area contributed by atoms with Crippen LogP contribution in [-0.4, -0.2) is 53.9 Å². The topological polar surface area (TPSA) is 49.9 Å². The van der Waals surface area contributed by atoms with E-state index in [0.29, 0.717) is 32.1 Å². The maximum absolute atomic E-state index is 12.6. The molecule has 0 aromatic heterocycles. The standard InChI is InChI=1S/C19H28N2O3/c1-14(2)17-7-5-8-18(13-17)24-15(3)19(23)21-10-6-9-20(11-12-21)16(4)22/h5,7-8,13-15H,6,9-12H2,1-4H3/t15-/m1/s1. The van der Waals surface area contributed by atoms with E-state index in [1.165, 1.54) is 5.56 Å². The van der Waals surface area contributed by atoms with Crippen LogP contribution in [0.2, 0.25) is 0 Å². The Morgan fingerprint density at radius 3 is 2.38 bits per heavy atom. The lowest BCUT2D eigenvalue weighted by Gasteiger charge is -2.25. The smallest absolute Gasteiger partial charge is 0.263 e. The van der Waals surface area contributed by atoms with Crippen molar-refractivity contribution in [2.45, 2.75) is 46.1 Å². The Morgan fingerprint density at radius 2 is 1.71 bits per heavy atom. The summed E-state index contributed by atoms with van der Waals surface area (Å²) in [5, 5.41) is 0. The molecule has 1 aliphatic rings. The molecule has 0 spiro atoms. The van der Waals surface area contributed by atoms with Crippen molar-refractivity contribution in [3.05, 3.63) is 29.8 Å². The van der Waals surface area contributed by atoms with Crippen molar-refractivity contribution >= 4 is 11.8 Å². The maximum Gasteiger partial charge on any atom is 0.263 e. The molecule has 0 bridgehead atoms. The van der Waals surface area contributed by atoms with Gasteiger partial charge >= 0.3 is 0 Å². The van der Waals surface area contributed by atoms with Crippen LogP contribution in [0.5, 0.6) is 5.75 Å². The third kappa shape index (κ3) is 4.73. The molecule has 1 heterocycles. The second kappa shape index (κ2) is 8.18. The first kappa shape index (κ1) is 18.3. The van der Waals surface area contributed by atoms with E-state index in [0.717, 1.165) is 12.2 Å². The Balaban J connectivity index is 1.96. The van der Waals surface area contributed by atoms with E-state index in [-0.39, 0.29) is 11.8 Å². The minimum atomic E-state index is -0.531. The van der Waals surface area contributed by atoms with Crippen molar-refractivity contribution in [1.29, 1.82) is 0 Å². The van der Waals surface area contributed by atoms with Gasteiger partial charge in [0.1, 0.15) is 5.75 Å². The third-order valence-electron chi connectivity index (χ3n) is 4.44. The van der Waals surface area contributed by atoms with Crippen LogP contribution in [0.25, 0.3) is 0 Å². The summed E-state index contributed by atoms with van der Waals surface area (Å²) in [6, 6.07) is 7.90. The molecule has 5 heteroatoms. The van der Waals surface area contributed by atoms with Crippen LogP contribution in [0.1, 0.15) is 45.6 Å². The quantitative estimate of drug-likeness (QED) is 0.852. The Bertz CT molecular complexity index is 586. The van der Waals surface area contributed by atoms with Crippen LogP contribution in [-0.2, 0) is 9.59 Å². The maximum atomic E-state index is 12.6. The molecule has 132 valence electrons. The van der Waals surface area contributed by atoms with Crippen LogP contribution in [0, 0.1) is 0 Å². The SMILES string of the molecule is CC(=O)N1CCCN(C(=O)[C@@H](C)Oc2cccc(C(C)C)c2)CC1. The monoisotopic (exact) mass is 332 g/mol. The molecule has 5 nitrogen and oxygen atoms in total. The third-order valence-corrected chi connectivity index (χ3v) is 4.44. The van der Waals surface area contributed by atoms with E-state index < -0.39 is 6.10 Å². The summed E-state index contributed by atoms with van der Waals surface area (Å²) in [4.78, 5) is 27.7. The second-order valence-corrected chi connectivity index (χ2v) is 6.67. The zero-order valence-corrected chi connectivity index (χ0v) is 15.1. The highest BCUT2D eigenvalue weighted by atomic mass is 16.5. The number of amides is 2. The Hall–Kier alpha value is -2.04. The van der Waals surface area contributed by atoms with E-state index >= 15 is 0 Å². The van der Waals surface area contributed by atoms with Crippen LogP contribution >= 0.6 is 0 Å². The molecule has 1 fully saturated rings. The fourth-order valence-electron chi connectivity index (χ4n) is 2.91. The molecule has 1 aliphatic heterocycles. The van der Waals surface area contributed by atoms with Gasteiger partial charge in [0.05, 0.1) is 0 Å². The zero-order chi connectivity index (χ0) is 17.7. The minimum Gasteiger partial charge on any atom is -0.481 e. The van der Waals surface area contributed by atoms with Crippen molar-refractivity contribution in [2.24, 2.45) is 0 Å². The number of carbonyl (C=O) groups excluding carboxylic acids is 2. The Kier molecular flexibility index (Phi) is 6.23. The number of ether oxygens (including phenoxy) is 1. The van der Waals surface area contributed by atoms with Crippen molar-refractivity contribution < 1.29 is 14.3 Å². The van der Waals surface area contributed by atoms with Gasteiger partial charge in [-0.05, 0) is 37.0 Å². The molecule has 24 heavy (non-hydrogen) atoms. The number of benzene rings is 1. The molecule has 1 atom stereocenters. The first-order chi connectivity index (χ1) is 11.4. The van der Waals surface area contributed by atoms with E-state index in [4.69, 9.17) is 4.74 Å². The normalized spacial score (nSPS) is 16.7. The van der Waals surface area contributed by atoms with E-state index in [1.54, 1.807) is 23.6 Å². The fraction of sp³-hybridized carbons (Fsp3) is 0.579. The predicted molar refractivity (Wildman–Crippen MR) is 94.1 cm³/mol. The molecular weight excluding hydrogens is 304 g/mol. The second-order valence-electron chi connectivity index (χ2n) is 6.67. The molecule has 0 N–H and O–H groups in total. The molecule has 0 saturated carbocycles. The number of rotatable bonds is 4. The highest BCUT2D eigenvalue weighted by molar-refractivity contribution is 5.81. The van der Waals surface area contributed by atoms with Gasteiger partial charge in [0.15, 0.2) is 6.10 Å². The van der Waals surface area contributed by atoms with Gasteiger partial charge in [0.25, 0.3) is 5.91 Å². The van der Waals surface area contributed by atoms with Gasteiger partial charge in [-0.1, -0.05) is 26.0 Å². The van der Waals surface area contributed by atoms with Crippen LogP contribution in [0.3, 0.4) is 0 Å². The number of carbonyl (C=O) groups is 2. The molecule has 2 amide bonds. The molecular formula is C19H28N2O3. The summed E-state index contributed by atoms with van der Waals surface area (Å²) in [6.07, 6.45) is 0.275. The van der Waals surface area contributed by atoms with Gasteiger partial charge in [-0.15, -0.1) is 0 Å². The van der Waals surface area contributed by atoms with E-state index in [9.17, 15) is 9.59 Å². The van der Waals surface area contributed by atoms with Crippen molar-refractivity contribution in [2.75, 3.05) is 26.2 Å². The summed E-state index contributed by atoms with van der Waals surface area (Å²) in [5.41, 5.74) is 1.19. The highest BCUT2D eigenvalue weighted by Crippen LogP contribution is 2.21. The van der Waals surface area contributed by atoms with E-state index in [1.807, 2.05) is 18.2 Å². The molecule has 1 aromatic carbocycles. The van der Waals surface area contributed by atoms with E-state index in [2.05, 4.69) is 19.9 Å². The van der Waals surface area contributed by atoms with Crippen molar-refractivity contribution in [1.82, 2.24) is 9.80 Å². The van der Waals surface area contributed by atoms with Gasteiger partial charge in [-0.3, -0.25) is 9.59 Å². The fourth-order valence-corrected chi connectivity index (χ4v) is 2.91. The number of hydrogen-bond acceptors (Lipinski definition) is 3. The van der Waals surface area contributed by atoms with Crippen LogP contribution in [0.15, 0.2) is 24.3 Å². The molecule has 1 aromatic rings.